The number of halogens is 1. The first-order valence-corrected chi connectivity index (χ1v) is 10.4. The van der Waals surface area contributed by atoms with E-state index in [4.69, 9.17) is 4.74 Å². The average Bonchev–Trinajstić information content (AvgIpc) is 3.47. The molecule has 0 spiro atoms. The zero-order chi connectivity index (χ0) is 19.9. The van der Waals surface area contributed by atoms with E-state index in [2.05, 4.69) is 5.32 Å². The van der Waals surface area contributed by atoms with Gasteiger partial charge < -0.3 is 10.1 Å². The Morgan fingerprint density at radius 2 is 1.93 bits per heavy atom. The fraction of sp³-hybridized carbons (Fsp3) is 0.316. The van der Waals surface area contributed by atoms with Gasteiger partial charge in [-0.1, -0.05) is 12.1 Å². The maximum absolute atomic E-state index is 13.8. The van der Waals surface area contributed by atoms with E-state index in [1.54, 1.807) is 18.2 Å². The second-order valence-corrected chi connectivity index (χ2v) is 8.43. The monoisotopic (exact) mass is 405 g/mol. The molecule has 0 unspecified atom stereocenters. The van der Waals surface area contributed by atoms with E-state index in [0.29, 0.717) is 11.4 Å². The molecule has 2 aliphatic rings. The number of carbonyl (C=O) groups is 1. The van der Waals surface area contributed by atoms with Gasteiger partial charge >= 0.3 is 10.2 Å². The molecule has 1 N–H and O–H groups in total. The summed E-state index contributed by atoms with van der Waals surface area (Å²) in [6, 6.07) is 11.1. The van der Waals surface area contributed by atoms with Crippen molar-refractivity contribution in [1.29, 1.82) is 0 Å². The summed E-state index contributed by atoms with van der Waals surface area (Å²) in [5.41, 5.74) is 1.43. The highest BCUT2D eigenvalue weighted by Gasteiger charge is 2.47. The molecule has 1 saturated carbocycles. The molecule has 1 aliphatic heterocycles. The molecule has 0 atom stereocenters. The molecule has 148 valence electrons. The number of rotatable bonds is 6. The number of nitrogens with one attached hydrogen (secondary N) is 1. The van der Waals surface area contributed by atoms with Crippen LogP contribution in [0.15, 0.2) is 42.5 Å². The molecule has 1 fully saturated rings. The van der Waals surface area contributed by atoms with Crippen molar-refractivity contribution in [2.75, 3.05) is 28.8 Å². The van der Waals surface area contributed by atoms with Gasteiger partial charge in [0.25, 0.3) is 5.91 Å². The SMILES string of the molecule is COc1ccc(C(=O)NCCN2c3ccccc3N(C3CC3)S2(=O)=O)cc1F. The maximum Gasteiger partial charge on any atom is 0.326 e. The van der Waals surface area contributed by atoms with Gasteiger partial charge in [-0.2, -0.15) is 8.42 Å². The van der Waals surface area contributed by atoms with Gasteiger partial charge in [-0.15, -0.1) is 0 Å². The number of hydrogen-bond acceptors (Lipinski definition) is 4. The summed E-state index contributed by atoms with van der Waals surface area (Å²) < 4.78 is 47.3. The van der Waals surface area contributed by atoms with E-state index >= 15 is 0 Å². The lowest BCUT2D eigenvalue weighted by Crippen LogP contribution is -2.42. The van der Waals surface area contributed by atoms with Crippen molar-refractivity contribution in [2.45, 2.75) is 18.9 Å². The van der Waals surface area contributed by atoms with Gasteiger partial charge in [0.2, 0.25) is 0 Å². The fourth-order valence-electron chi connectivity index (χ4n) is 3.33. The molecule has 9 heteroatoms. The van der Waals surface area contributed by atoms with Crippen molar-refractivity contribution < 1.29 is 22.3 Å². The third-order valence-electron chi connectivity index (χ3n) is 4.81. The molecule has 1 aliphatic carbocycles. The van der Waals surface area contributed by atoms with E-state index < -0.39 is 21.9 Å². The molecule has 2 aromatic carbocycles. The van der Waals surface area contributed by atoms with Crippen LogP contribution in [0, 0.1) is 5.82 Å². The first-order chi connectivity index (χ1) is 13.4. The molecular formula is C19H20FN3O4S. The number of amides is 1. The molecule has 4 rings (SSSR count). The maximum atomic E-state index is 13.8. The second-order valence-electron chi connectivity index (χ2n) is 6.70. The lowest BCUT2D eigenvalue weighted by molar-refractivity contribution is 0.0954. The van der Waals surface area contributed by atoms with Crippen LogP contribution in [0.2, 0.25) is 0 Å². The molecule has 0 radical (unpaired) electrons. The number of benzene rings is 2. The topological polar surface area (TPSA) is 79.0 Å². The average molecular weight is 405 g/mol. The standard InChI is InChI=1S/C19H20FN3O4S/c1-27-18-9-6-13(12-15(18)20)19(24)21-10-11-22-16-4-2-3-5-17(16)23(14-7-8-14)28(22,25)26/h2-6,9,12,14H,7-8,10-11H2,1H3,(H,21,24). The van der Waals surface area contributed by atoms with E-state index in [1.807, 2.05) is 6.07 Å². The van der Waals surface area contributed by atoms with Crippen LogP contribution in [0.25, 0.3) is 0 Å². The molecule has 7 nitrogen and oxygen atoms in total. The van der Waals surface area contributed by atoms with Gasteiger partial charge in [0, 0.05) is 18.2 Å². The Bertz CT molecular complexity index is 1020. The number of nitrogens with zero attached hydrogens (tertiary/aromatic N) is 2. The first kappa shape index (κ1) is 18.5. The summed E-state index contributed by atoms with van der Waals surface area (Å²) >= 11 is 0. The molecule has 2 aromatic rings. The summed E-state index contributed by atoms with van der Waals surface area (Å²) in [6.07, 6.45) is 1.70. The van der Waals surface area contributed by atoms with Crippen LogP contribution in [0.4, 0.5) is 15.8 Å². The first-order valence-electron chi connectivity index (χ1n) is 8.96. The van der Waals surface area contributed by atoms with E-state index in [-0.39, 0.29) is 30.4 Å². The Balaban J connectivity index is 1.46. The normalized spacial score (nSPS) is 17.4. The Hall–Kier alpha value is -2.81. The number of anilines is 2. The number of carbonyl (C=O) groups excluding carboxylic acids is 1. The van der Waals surface area contributed by atoms with Crippen LogP contribution < -0.4 is 18.7 Å². The highest BCUT2D eigenvalue weighted by Crippen LogP contribution is 2.46. The van der Waals surface area contributed by atoms with Gasteiger partial charge in [-0.05, 0) is 43.2 Å². The van der Waals surface area contributed by atoms with Crippen LogP contribution in [0.3, 0.4) is 0 Å². The van der Waals surface area contributed by atoms with Gasteiger partial charge in [0.1, 0.15) is 0 Å². The van der Waals surface area contributed by atoms with Crippen LogP contribution in [0.5, 0.6) is 5.75 Å². The Morgan fingerprint density at radius 3 is 2.57 bits per heavy atom. The van der Waals surface area contributed by atoms with Gasteiger partial charge in [-0.3, -0.25) is 4.79 Å². The van der Waals surface area contributed by atoms with Crippen LogP contribution in [0.1, 0.15) is 23.2 Å². The lowest BCUT2D eigenvalue weighted by atomic mass is 10.2. The zero-order valence-corrected chi connectivity index (χ0v) is 16.1. The summed E-state index contributed by atoms with van der Waals surface area (Å²) in [6.45, 7) is 0.186. The highest BCUT2D eigenvalue weighted by molar-refractivity contribution is 7.94. The van der Waals surface area contributed by atoms with Gasteiger partial charge in [-0.25, -0.2) is 13.0 Å². The van der Waals surface area contributed by atoms with Crippen LogP contribution >= 0.6 is 0 Å². The van der Waals surface area contributed by atoms with Crippen molar-refractivity contribution in [3.05, 3.63) is 53.8 Å². The second kappa shape index (κ2) is 6.97. The Labute approximate surface area is 162 Å². The van der Waals surface area contributed by atoms with Gasteiger partial charge in [0.15, 0.2) is 11.6 Å². The molecule has 28 heavy (non-hydrogen) atoms. The number of para-hydroxylation sites is 2. The number of fused-ring (bicyclic) bond motifs is 1. The fourth-order valence-corrected chi connectivity index (χ4v) is 5.25. The predicted molar refractivity (Wildman–Crippen MR) is 103 cm³/mol. The molecule has 0 bridgehead atoms. The van der Waals surface area contributed by atoms with Crippen LogP contribution in [-0.4, -0.2) is 40.6 Å². The smallest absolute Gasteiger partial charge is 0.326 e. The van der Waals surface area contributed by atoms with Crippen molar-refractivity contribution >= 4 is 27.5 Å². The molecular weight excluding hydrogens is 385 g/mol. The Morgan fingerprint density at radius 1 is 1.21 bits per heavy atom. The van der Waals surface area contributed by atoms with Gasteiger partial charge in [0.05, 0.1) is 25.0 Å². The third kappa shape index (κ3) is 3.15. The molecule has 1 amide bonds. The molecule has 0 aromatic heterocycles. The van der Waals surface area contributed by atoms with Crippen molar-refractivity contribution in [1.82, 2.24) is 5.32 Å². The minimum atomic E-state index is -3.66. The van der Waals surface area contributed by atoms with Crippen molar-refractivity contribution in [3.63, 3.8) is 0 Å². The van der Waals surface area contributed by atoms with E-state index in [1.165, 1.54) is 27.9 Å². The van der Waals surface area contributed by atoms with E-state index in [9.17, 15) is 17.6 Å². The van der Waals surface area contributed by atoms with Crippen LogP contribution in [-0.2, 0) is 10.2 Å². The quantitative estimate of drug-likeness (QED) is 0.800. The zero-order valence-electron chi connectivity index (χ0n) is 15.3. The minimum absolute atomic E-state index is 0.00742. The van der Waals surface area contributed by atoms with Crippen molar-refractivity contribution in [2.24, 2.45) is 0 Å². The summed E-state index contributed by atoms with van der Waals surface area (Å²) in [4.78, 5) is 12.3. The summed E-state index contributed by atoms with van der Waals surface area (Å²) in [5.74, 6) is -1.06. The summed E-state index contributed by atoms with van der Waals surface area (Å²) in [5, 5.41) is 2.65. The lowest BCUT2D eigenvalue weighted by Gasteiger charge is -2.21. The largest absolute Gasteiger partial charge is 0.494 e. The minimum Gasteiger partial charge on any atom is -0.494 e. The van der Waals surface area contributed by atoms with E-state index in [0.717, 1.165) is 18.9 Å². The number of ether oxygens (including phenoxy) is 1. The third-order valence-corrected chi connectivity index (χ3v) is 6.74. The number of methoxy groups -OCH3 is 1. The Kier molecular flexibility index (Phi) is 4.62. The van der Waals surface area contributed by atoms with Crippen molar-refractivity contribution in [3.8, 4) is 5.75 Å². The highest BCUT2D eigenvalue weighted by atomic mass is 32.2. The predicted octanol–water partition coefficient (Wildman–Crippen LogP) is 2.30. The number of hydrogen-bond donors (Lipinski definition) is 1. The molecule has 0 saturated heterocycles. The summed E-state index contributed by atoms with van der Waals surface area (Å²) in [7, 11) is -2.32. The molecule has 1 heterocycles.